The number of aliphatic hydroxyl groups excluding tert-OH is 1. The third-order valence-electron chi connectivity index (χ3n) is 1.97. The molecule has 0 radical (unpaired) electrons. The molecule has 0 atom stereocenters. The molecule has 1 rings (SSSR count). The molecule has 1 aromatic heterocycles. The molecule has 0 unspecified atom stereocenters. The lowest BCUT2D eigenvalue weighted by atomic mass is 10.2. The van der Waals surface area contributed by atoms with Crippen molar-refractivity contribution in [3.8, 4) is 0 Å². The van der Waals surface area contributed by atoms with E-state index in [-0.39, 0.29) is 12.6 Å². The Balaban J connectivity index is 2.45. The molecular weight excluding hydrogens is 212 g/mol. The Morgan fingerprint density at radius 3 is 2.93 bits per heavy atom. The molecule has 0 bridgehead atoms. The summed E-state index contributed by atoms with van der Waals surface area (Å²) in [5, 5.41) is 8.64. The second-order valence-corrected chi connectivity index (χ2v) is 4.34. The smallest absolute Gasteiger partial charge is 0.348 e. The molecule has 0 spiro atoms. The fourth-order valence-electron chi connectivity index (χ4n) is 1.24. The Bertz CT molecular complexity index is 307. The van der Waals surface area contributed by atoms with E-state index < -0.39 is 0 Å². The van der Waals surface area contributed by atoms with Gasteiger partial charge in [-0.25, -0.2) is 4.79 Å². The molecule has 1 heterocycles. The van der Waals surface area contributed by atoms with Crippen LogP contribution < -0.4 is 0 Å². The fourth-order valence-corrected chi connectivity index (χ4v) is 2.18. The van der Waals surface area contributed by atoms with Gasteiger partial charge in [-0.3, -0.25) is 0 Å². The molecule has 0 aliphatic heterocycles. The van der Waals surface area contributed by atoms with Crippen molar-refractivity contribution in [1.82, 2.24) is 0 Å². The molecule has 0 amide bonds. The lowest BCUT2D eigenvalue weighted by molar-refractivity contribution is 0.0532. The van der Waals surface area contributed by atoms with E-state index in [0.29, 0.717) is 11.5 Å². The summed E-state index contributed by atoms with van der Waals surface area (Å²) in [6, 6.07) is 3.76. The van der Waals surface area contributed by atoms with Gasteiger partial charge >= 0.3 is 5.97 Å². The highest BCUT2D eigenvalue weighted by Crippen LogP contribution is 2.19. The number of carbonyl (C=O) groups is 1. The summed E-state index contributed by atoms with van der Waals surface area (Å²) in [5.74, 6) is -0.240. The number of rotatable bonds is 6. The van der Waals surface area contributed by atoms with E-state index in [4.69, 9.17) is 9.84 Å². The van der Waals surface area contributed by atoms with Crippen LogP contribution in [-0.2, 0) is 11.2 Å². The van der Waals surface area contributed by atoms with Crippen LogP contribution in [-0.4, -0.2) is 24.3 Å². The number of hydrogen-bond donors (Lipinski definition) is 1. The highest BCUT2D eigenvalue weighted by Gasteiger charge is 2.09. The second-order valence-electron chi connectivity index (χ2n) is 3.17. The van der Waals surface area contributed by atoms with Crippen molar-refractivity contribution < 1.29 is 14.6 Å². The topological polar surface area (TPSA) is 46.5 Å². The number of aliphatic hydroxyl groups is 1. The minimum absolute atomic E-state index is 0.232. The Morgan fingerprint density at radius 1 is 1.47 bits per heavy atom. The van der Waals surface area contributed by atoms with Crippen molar-refractivity contribution in [3.63, 3.8) is 0 Å². The fraction of sp³-hybridized carbons (Fsp3) is 0.545. The SMILES string of the molecule is CCOC(=O)c1ccc(CCCCO)s1. The van der Waals surface area contributed by atoms with Crippen molar-refractivity contribution in [2.75, 3.05) is 13.2 Å². The predicted molar refractivity (Wildman–Crippen MR) is 60.3 cm³/mol. The number of ether oxygens (including phenoxy) is 1. The molecule has 1 N–H and O–H groups in total. The quantitative estimate of drug-likeness (QED) is 0.600. The zero-order valence-electron chi connectivity index (χ0n) is 8.86. The maximum absolute atomic E-state index is 11.3. The van der Waals surface area contributed by atoms with Gasteiger partial charge in [0.15, 0.2) is 0 Å². The van der Waals surface area contributed by atoms with Gasteiger partial charge in [0.1, 0.15) is 4.88 Å². The number of carbonyl (C=O) groups excluding carboxylic acids is 1. The van der Waals surface area contributed by atoms with Gasteiger partial charge in [-0.1, -0.05) is 0 Å². The summed E-state index contributed by atoms with van der Waals surface area (Å²) in [6.45, 7) is 2.44. The van der Waals surface area contributed by atoms with Crippen LogP contribution >= 0.6 is 11.3 Å². The minimum atomic E-state index is -0.240. The number of hydrogen-bond acceptors (Lipinski definition) is 4. The van der Waals surface area contributed by atoms with Crippen LogP contribution in [0.2, 0.25) is 0 Å². The lowest BCUT2D eigenvalue weighted by Crippen LogP contribution is -2.01. The van der Waals surface area contributed by atoms with E-state index in [0.717, 1.165) is 19.3 Å². The van der Waals surface area contributed by atoms with E-state index in [1.165, 1.54) is 16.2 Å². The monoisotopic (exact) mass is 228 g/mol. The molecule has 4 heteroatoms. The Kier molecular flexibility index (Phi) is 5.36. The standard InChI is InChI=1S/C11H16O3S/c1-2-14-11(13)10-7-6-9(15-10)5-3-4-8-12/h6-7,12H,2-5,8H2,1H3. The predicted octanol–water partition coefficient (Wildman–Crippen LogP) is 2.24. The third-order valence-corrected chi connectivity index (χ3v) is 3.09. The second kappa shape index (κ2) is 6.58. The molecule has 1 aromatic rings. The van der Waals surface area contributed by atoms with Crippen molar-refractivity contribution in [3.05, 3.63) is 21.9 Å². The van der Waals surface area contributed by atoms with Gasteiger partial charge in [0.05, 0.1) is 6.61 Å². The highest BCUT2D eigenvalue weighted by atomic mass is 32.1. The summed E-state index contributed by atoms with van der Waals surface area (Å²) in [5.41, 5.74) is 0. The van der Waals surface area contributed by atoms with Crippen LogP contribution in [0.15, 0.2) is 12.1 Å². The summed E-state index contributed by atoms with van der Waals surface area (Å²) in [7, 11) is 0. The molecule has 0 aromatic carbocycles. The van der Waals surface area contributed by atoms with Crippen LogP contribution in [0, 0.1) is 0 Å². The van der Waals surface area contributed by atoms with E-state index >= 15 is 0 Å². The van der Waals surface area contributed by atoms with Gasteiger partial charge in [0.2, 0.25) is 0 Å². The Labute approximate surface area is 93.7 Å². The number of aryl methyl sites for hydroxylation is 1. The number of esters is 1. The summed E-state index contributed by atoms with van der Waals surface area (Å²) in [4.78, 5) is 13.2. The zero-order chi connectivity index (χ0) is 11.1. The summed E-state index contributed by atoms with van der Waals surface area (Å²) < 4.78 is 4.90. The Morgan fingerprint density at radius 2 is 2.27 bits per heavy atom. The average Bonchev–Trinajstić information content (AvgIpc) is 2.67. The van der Waals surface area contributed by atoms with E-state index in [1.54, 1.807) is 13.0 Å². The molecular formula is C11H16O3S. The summed E-state index contributed by atoms with van der Waals surface area (Å²) in [6.07, 6.45) is 2.69. The first-order valence-corrected chi connectivity index (χ1v) is 5.96. The van der Waals surface area contributed by atoms with Gasteiger partial charge in [-0.05, 0) is 38.3 Å². The first-order chi connectivity index (χ1) is 7.27. The summed E-state index contributed by atoms with van der Waals surface area (Å²) >= 11 is 1.48. The van der Waals surface area contributed by atoms with Crippen LogP contribution in [0.5, 0.6) is 0 Å². The molecule has 15 heavy (non-hydrogen) atoms. The number of unbranched alkanes of at least 4 members (excludes halogenated alkanes) is 1. The van der Waals surface area contributed by atoms with Gasteiger partial charge in [0.25, 0.3) is 0 Å². The van der Waals surface area contributed by atoms with Crippen molar-refractivity contribution in [2.45, 2.75) is 26.2 Å². The third kappa shape index (κ3) is 4.01. The maximum atomic E-state index is 11.3. The zero-order valence-corrected chi connectivity index (χ0v) is 9.68. The van der Waals surface area contributed by atoms with Crippen LogP contribution in [0.3, 0.4) is 0 Å². The molecule has 0 aliphatic carbocycles. The van der Waals surface area contributed by atoms with Gasteiger partial charge in [0, 0.05) is 11.5 Å². The lowest BCUT2D eigenvalue weighted by Gasteiger charge is -1.97. The van der Waals surface area contributed by atoms with Gasteiger partial charge < -0.3 is 9.84 Å². The normalized spacial score (nSPS) is 10.3. The van der Waals surface area contributed by atoms with Gasteiger partial charge in [-0.15, -0.1) is 11.3 Å². The Hall–Kier alpha value is -0.870. The molecule has 0 saturated heterocycles. The average molecular weight is 228 g/mol. The first-order valence-electron chi connectivity index (χ1n) is 5.14. The number of thiophene rings is 1. The molecule has 0 aliphatic rings. The minimum Gasteiger partial charge on any atom is -0.462 e. The highest BCUT2D eigenvalue weighted by molar-refractivity contribution is 7.13. The van der Waals surface area contributed by atoms with Crippen molar-refractivity contribution in [2.24, 2.45) is 0 Å². The van der Waals surface area contributed by atoms with Crippen LogP contribution in [0.1, 0.15) is 34.3 Å². The van der Waals surface area contributed by atoms with Crippen LogP contribution in [0.4, 0.5) is 0 Å². The van der Waals surface area contributed by atoms with E-state index in [9.17, 15) is 4.79 Å². The maximum Gasteiger partial charge on any atom is 0.348 e. The molecule has 0 saturated carbocycles. The van der Waals surface area contributed by atoms with Gasteiger partial charge in [-0.2, -0.15) is 0 Å². The van der Waals surface area contributed by atoms with E-state index in [2.05, 4.69) is 0 Å². The molecule has 0 fully saturated rings. The van der Waals surface area contributed by atoms with Crippen LogP contribution in [0.25, 0.3) is 0 Å². The first kappa shape index (κ1) is 12.2. The van der Waals surface area contributed by atoms with Crippen molar-refractivity contribution in [1.29, 1.82) is 0 Å². The molecule has 3 nitrogen and oxygen atoms in total. The van der Waals surface area contributed by atoms with E-state index in [1.807, 2.05) is 6.07 Å². The largest absolute Gasteiger partial charge is 0.462 e. The van der Waals surface area contributed by atoms with Crippen molar-refractivity contribution >= 4 is 17.3 Å². The molecule has 84 valence electrons.